The first kappa shape index (κ1) is 17.7. The molecular weight excluding hydrogens is 388 g/mol. The molecule has 0 radical (unpaired) electrons. The van der Waals surface area contributed by atoms with Crippen LogP contribution < -0.4 is 10.3 Å². The zero-order valence-corrected chi connectivity index (χ0v) is 15.3. The number of hydrogen-bond donors (Lipinski definition) is 0. The number of nitro benzene ring substituents is 1. The van der Waals surface area contributed by atoms with E-state index in [9.17, 15) is 19.7 Å². The van der Waals surface area contributed by atoms with E-state index < -0.39 is 16.9 Å². The van der Waals surface area contributed by atoms with Crippen LogP contribution in [0.3, 0.4) is 0 Å². The first-order chi connectivity index (χ1) is 14.6. The number of nitrogens with zero attached hydrogens (tertiary/aromatic N) is 4. The Kier molecular flexibility index (Phi) is 3.88. The van der Waals surface area contributed by atoms with E-state index in [1.54, 1.807) is 30.3 Å². The number of benzene rings is 2. The van der Waals surface area contributed by atoms with Gasteiger partial charge in [0.05, 0.1) is 21.9 Å². The highest BCUT2D eigenvalue weighted by atomic mass is 16.6. The third kappa shape index (κ3) is 2.56. The molecule has 146 valence electrons. The van der Waals surface area contributed by atoms with Crippen molar-refractivity contribution < 1.29 is 14.1 Å². The van der Waals surface area contributed by atoms with Gasteiger partial charge in [-0.2, -0.15) is 0 Å². The maximum atomic E-state index is 13.3. The van der Waals surface area contributed by atoms with Gasteiger partial charge < -0.3 is 4.42 Å². The second-order valence-corrected chi connectivity index (χ2v) is 6.65. The molecule has 9 nitrogen and oxygen atoms in total. The number of para-hydroxylation sites is 1. The summed E-state index contributed by atoms with van der Waals surface area (Å²) in [6.07, 6.45) is 2.97. The average molecular weight is 400 g/mol. The number of fused-ring (bicyclic) bond motifs is 2. The number of carbonyl (C=O) groups excluding carboxylic acids is 1. The van der Waals surface area contributed by atoms with Crippen LogP contribution in [0.15, 0.2) is 76.2 Å². The molecule has 0 N–H and O–H groups in total. The summed E-state index contributed by atoms with van der Waals surface area (Å²) in [5, 5.41) is 11.4. The maximum absolute atomic E-state index is 13.3. The second-order valence-electron chi connectivity index (χ2n) is 6.65. The number of non-ortho nitro benzene ring substituents is 1. The molecule has 5 rings (SSSR count). The van der Waals surface area contributed by atoms with Gasteiger partial charge in [0.15, 0.2) is 5.43 Å². The summed E-state index contributed by atoms with van der Waals surface area (Å²) in [7, 11) is 0. The normalized spacial score (nSPS) is 15.4. The van der Waals surface area contributed by atoms with Gasteiger partial charge in [-0.25, -0.2) is 9.97 Å². The Labute approximate surface area is 168 Å². The van der Waals surface area contributed by atoms with E-state index in [2.05, 4.69) is 9.97 Å². The fourth-order valence-corrected chi connectivity index (χ4v) is 3.64. The highest BCUT2D eigenvalue weighted by molar-refractivity contribution is 6.09. The van der Waals surface area contributed by atoms with Gasteiger partial charge in [-0.15, -0.1) is 0 Å². The van der Waals surface area contributed by atoms with Gasteiger partial charge in [0, 0.05) is 24.5 Å². The van der Waals surface area contributed by atoms with E-state index in [-0.39, 0.29) is 28.4 Å². The van der Waals surface area contributed by atoms with E-state index in [0.29, 0.717) is 16.5 Å². The Morgan fingerprint density at radius 1 is 0.967 bits per heavy atom. The zero-order valence-electron chi connectivity index (χ0n) is 15.3. The Bertz CT molecular complexity index is 1370. The quantitative estimate of drug-likeness (QED) is 0.382. The summed E-state index contributed by atoms with van der Waals surface area (Å²) >= 11 is 0. The van der Waals surface area contributed by atoms with Gasteiger partial charge in [-0.05, 0) is 35.9 Å². The Morgan fingerprint density at radius 2 is 1.67 bits per heavy atom. The highest BCUT2D eigenvalue weighted by Crippen LogP contribution is 2.40. The van der Waals surface area contributed by atoms with Crippen molar-refractivity contribution in [2.24, 2.45) is 0 Å². The van der Waals surface area contributed by atoms with Crippen molar-refractivity contribution in [3.8, 4) is 0 Å². The van der Waals surface area contributed by atoms with Gasteiger partial charge in [0.25, 0.3) is 11.6 Å². The fourth-order valence-electron chi connectivity index (χ4n) is 3.64. The summed E-state index contributed by atoms with van der Waals surface area (Å²) in [4.78, 5) is 46.7. The molecule has 0 fully saturated rings. The smallest absolute Gasteiger partial charge is 0.297 e. The SMILES string of the molecule is O=C1c2oc3ccccc3c(=O)c2[C@@H](c2ccc([N+](=O)[O-])cc2)N1c1ncccn1. The van der Waals surface area contributed by atoms with Crippen molar-refractivity contribution in [3.63, 3.8) is 0 Å². The molecule has 0 bridgehead atoms. The second kappa shape index (κ2) is 6.59. The first-order valence-corrected chi connectivity index (χ1v) is 8.97. The molecule has 0 saturated heterocycles. The van der Waals surface area contributed by atoms with Crippen LogP contribution in [0.5, 0.6) is 0 Å². The summed E-state index contributed by atoms with van der Waals surface area (Å²) in [5.41, 5.74) is 0.508. The standard InChI is InChI=1S/C21H12N4O5/c26-18-14-4-1-2-5-15(14)30-19-16(18)17(12-6-8-13(9-7-12)25(28)29)24(20(19)27)21-22-10-3-11-23-21/h1-11,17H/t17-/m1/s1. The lowest BCUT2D eigenvalue weighted by Crippen LogP contribution is -2.31. The van der Waals surface area contributed by atoms with Crippen molar-refractivity contribution in [1.29, 1.82) is 0 Å². The molecule has 0 unspecified atom stereocenters. The summed E-state index contributed by atoms with van der Waals surface area (Å²) in [6, 6.07) is 13.1. The van der Waals surface area contributed by atoms with Crippen LogP contribution in [-0.2, 0) is 0 Å². The number of amides is 1. The lowest BCUT2D eigenvalue weighted by Gasteiger charge is -2.22. The molecule has 1 aliphatic rings. The first-order valence-electron chi connectivity index (χ1n) is 8.97. The maximum Gasteiger partial charge on any atom is 0.297 e. The number of nitro groups is 1. The number of carbonyl (C=O) groups is 1. The van der Waals surface area contributed by atoms with Crippen molar-refractivity contribution >= 4 is 28.5 Å². The number of rotatable bonds is 3. The predicted octanol–water partition coefficient (Wildman–Crippen LogP) is 3.24. The van der Waals surface area contributed by atoms with E-state index in [0.717, 1.165) is 0 Å². The summed E-state index contributed by atoms with van der Waals surface area (Å²) < 4.78 is 5.81. The molecule has 2 aromatic heterocycles. The van der Waals surface area contributed by atoms with Crippen LogP contribution in [0.25, 0.3) is 11.0 Å². The van der Waals surface area contributed by atoms with Crippen molar-refractivity contribution in [2.75, 3.05) is 4.90 Å². The molecule has 0 aliphatic carbocycles. The molecule has 9 heteroatoms. The molecule has 3 heterocycles. The number of hydrogen-bond acceptors (Lipinski definition) is 7. The topological polar surface area (TPSA) is 119 Å². The molecule has 1 atom stereocenters. The van der Waals surface area contributed by atoms with E-state index >= 15 is 0 Å². The number of aromatic nitrogens is 2. The molecule has 0 saturated carbocycles. The molecule has 1 amide bonds. The van der Waals surface area contributed by atoms with Gasteiger partial charge >= 0.3 is 0 Å². The minimum atomic E-state index is -0.878. The minimum Gasteiger partial charge on any atom is -0.450 e. The van der Waals surface area contributed by atoms with Crippen LogP contribution in [0, 0.1) is 10.1 Å². The lowest BCUT2D eigenvalue weighted by molar-refractivity contribution is -0.384. The molecule has 4 aromatic rings. The lowest BCUT2D eigenvalue weighted by atomic mass is 9.98. The minimum absolute atomic E-state index is 0.0884. The third-order valence-electron chi connectivity index (χ3n) is 4.96. The average Bonchev–Trinajstić information content (AvgIpc) is 3.07. The van der Waals surface area contributed by atoms with Gasteiger partial charge in [-0.3, -0.25) is 24.6 Å². The largest absolute Gasteiger partial charge is 0.450 e. The van der Waals surface area contributed by atoms with Crippen LogP contribution in [-0.4, -0.2) is 20.8 Å². The van der Waals surface area contributed by atoms with Gasteiger partial charge in [0.1, 0.15) is 5.58 Å². The van der Waals surface area contributed by atoms with E-state index in [4.69, 9.17) is 4.42 Å². The van der Waals surface area contributed by atoms with Gasteiger partial charge in [-0.1, -0.05) is 12.1 Å². The van der Waals surface area contributed by atoms with E-state index in [1.807, 2.05) is 0 Å². The monoisotopic (exact) mass is 400 g/mol. The van der Waals surface area contributed by atoms with E-state index in [1.165, 1.54) is 41.6 Å². The van der Waals surface area contributed by atoms with Crippen molar-refractivity contribution in [2.45, 2.75) is 6.04 Å². The highest BCUT2D eigenvalue weighted by Gasteiger charge is 2.44. The summed E-state index contributed by atoms with van der Waals surface area (Å²) in [5.74, 6) is -0.544. The molecular formula is C21H12N4O5. The van der Waals surface area contributed by atoms with Crippen molar-refractivity contribution in [1.82, 2.24) is 9.97 Å². The van der Waals surface area contributed by atoms with Crippen LogP contribution in [0.2, 0.25) is 0 Å². The molecule has 0 spiro atoms. The summed E-state index contributed by atoms with van der Waals surface area (Å²) in [6.45, 7) is 0. The molecule has 30 heavy (non-hydrogen) atoms. The Morgan fingerprint density at radius 3 is 2.37 bits per heavy atom. The van der Waals surface area contributed by atoms with Crippen LogP contribution in [0.1, 0.15) is 27.7 Å². The third-order valence-corrected chi connectivity index (χ3v) is 4.96. The molecule has 2 aromatic carbocycles. The Balaban J connectivity index is 1.79. The van der Waals surface area contributed by atoms with Crippen LogP contribution in [0.4, 0.5) is 11.6 Å². The fraction of sp³-hybridized carbons (Fsp3) is 0.0476. The van der Waals surface area contributed by atoms with Crippen LogP contribution >= 0.6 is 0 Å². The van der Waals surface area contributed by atoms with Gasteiger partial charge in [0.2, 0.25) is 11.7 Å². The Hall–Kier alpha value is -4.40. The number of anilines is 1. The van der Waals surface area contributed by atoms with Crippen molar-refractivity contribution in [3.05, 3.63) is 104 Å². The zero-order chi connectivity index (χ0) is 20.8. The predicted molar refractivity (Wildman–Crippen MR) is 106 cm³/mol. The molecule has 1 aliphatic heterocycles.